The van der Waals surface area contributed by atoms with Crippen LogP contribution in [0.2, 0.25) is 0 Å². The number of halogens is 1. The molecule has 1 fully saturated rings. The molecule has 1 aromatic rings. The molecular weight excluding hydrogens is 310 g/mol. The number of thiophene rings is 1. The molecule has 0 aromatic carbocycles. The number of hydrogen-bond acceptors (Lipinski definition) is 4. The van der Waals surface area contributed by atoms with Gasteiger partial charge in [0.2, 0.25) is 0 Å². The van der Waals surface area contributed by atoms with Gasteiger partial charge in [0.1, 0.15) is 0 Å². The number of nitrogens with zero attached hydrogens (tertiary/aromatic N) is 2. The van der Waals surface area contributed by atoms with E-state index in [1.165, 1.54) is 34.7 Å². The average molecular weight is 332 g/mol. The second-order valence-corrected chi connectivity index (χ2v) is 7.27. The smallest absolute Gasteiger partial charge is 0.0702 e. The van der Waals surface area contributed by atoms with Gasteiger partial charge in [0, 0.05) is 37.6 Å². The summed E-state index contributed by atoms with van der Waals surface area (Å²) in [5.74, 6) is 0. The lowest BCUT2D eigenvalue weighted by molar-refractivity contribution is 0.0998. The van der Waals surface area contributed by atoms with Gasteiger partial charge in [0.05, 0.1) is 9.83 Å². The van der Waals surface area contributed by atoms with Crippen LogP contribution in [0.1, 0.15) is 24.3 Å². The van der Waals surface area contributed by atoms with Crippen molar-refractivity contribution in [3.05, 3.63) is 20.8 Å². The maximum absolute atomic E-state index is 5.97. The van der Waals surface area contributed by atoms with Gasteiger partial charge in [-0.25, -0.2) is 0 Å². The molecule has 2 heterocycles. The van der Waals surface area contributed by atoms with Crippen molar-refractivity contribution in [2.24, 2.45) is 5.73 Å². The van der Waals surface area contributed by atoms with Crippen molar-refractivity contribution in [1.29, 1.82) is 0 Å². The fourth-order valence-corrected chi connectivity index (χ4v) is 4.14. The van der Waals surface area contributed by atoms with Crippen LogP contribution in [0.3, 0.4) is 0 Å². The van der Waals surface area contributed by atoms with Crippen LogP contribution >= 0.6 is 27.3 Å². The van der Waals surface area contributed by atoms with E-state index in [2.05, 4.69) is 44.8 Å². The van der Waals surface area contributed by atoms with E-state index in [1.54, 1.807) is 11.3 Å². The van der Waals surface area contributed by atoms with E-state index in [9.17, 15) is 0 Å². The summed E-state index contributed by atoms with van der Waals surface area (Å²) in [7, 11) is 0. The molecule has 1 atom stereocenters. The lowest BCUT2D eigenvalue weighted by atomic mass is 10.1. The highest BCUT2D eigenvalue weighted by Gasteiger charge is 2.24. The summed E-state index contributed by atoms with van der Waals surface area (Å²) in [6.45, 7) is 8.81. The summed E-state index contributed by atoms with van der Waals surface area (Å²) in [5.41, 5.74) is 5.97. The summed E-state index contributed by atoms with van der Waals surface area (Å²) in [6.07, 6.45) is 1.25. The first-order valence-corrected chi connectivity index (χ1v) is 8.27. The Bertz CT molecular complexity index is 361. The standard InChI is InChI=1S/C13H22BrN3S/c1-2-5-16-6-8-17(9-7-16)11(10-15)12-3-4-13(14)18-12/h3-4,11H,2,5-10,15H2,1H3. The van der Waals surface area contributed by atoms with E-state index in [-0.39, 0.29) is 0 Å². The SMILES string of the molecule is CCCN1CCN(C(CN)c2ccc(Br)s2)CC1. The number of nitrogens with two attached hydrogens (primary N) is 1. The molecular formula is C13H22BrN3S. The zero-order valence-electron chi connectivity index (χ0n) is 10.9. The van der Waals surface area contributed by atoms with E-state index in [0.29, 0.717) is 12.6 Å². The molecule has 18 heavy (non-hydrogen) atoms. The lowest BCUT2D eigenvalue weighted by Gasteiger charge is -2.38. The summed E-state index contributed by atoms with van der Waals surface area (Å²) in [6, 6.07) is 4.71. The van der Waals surface area contributed by atoms with Crippen LogP contribution in [0.5, 0.6) is 0 Å². The quantitative estimate of drug-likeness (QED) is 0.899. The minimum absolute atomic E-state index is 0.394. The monoisotopic (exact) mass is 331 g/mol. The Labute approximate surface area is 122 Å². The Balaban J connectivity index is 1.94. The zero-order chi connectivity index (χ0) is 13.0. The molecule has 1 aliphatic rings. The van der Waals surface area contributed by atoms with Crippen molar-refractivity contribution in [1.82, 2.24) is 9.80 Å². The molecule has 0 aliphatic carbocycles. The third kappa shape index (κ3) is 3.54. The van der Waals surface area contributed by atoms with Gasteiger partial charge in [-0.05, 0) is 41.0 Å². The van der Waals surface area contributed by atoms with Crippen molar-refractivity contribution in [2.45, 2.75) is 19.4 Å². The van der Waals surface area contributed by atoms with E-state index < -0.39 is 0 Å². The fourth-order valence-electron chi connectivity index (χ4n) is 2.57. The van der Waals surface area contributed by atoms with Gasteiger partial charge in [-0.3, -0.25) is 4.90 Å². The second kappa shape index (κ2) is 7.01. The van der Waals surface area contributed by atoms with Gasteiger partial charge >= 0.3 is 0 Å². The van der Waals surface area contributed by atoms with Crippen molar-refractivity contribution in [3.63, 3.8) is 0 Å². The van der Waals surface area contributed by atoms with Crippen LogP contribution in [-0.2, 0) is 0 Å². The fraction of sp³-hybridized carbons (Fsp3) is 0.692. The Morgan fingerprint density at radius 2 is 2.06 bits per heavy atom. The summed E-state index contributed by atoms with van der Waals surface area (Å²) < 4.78 is 1.19. The Morgan fingerprint density at radius 1 is 1.33 bits per heavy atom. The maximum Gasteiger partial charge on any atom is 0.0702 e. The Morgan fingerprint density at radius 3 is 2.56 bits per heavy atom. The molecule has 102 valence electrons. The molecule has 0 bridgehead atoms. The lowest BCUT2D eigenvalue weighted by Crippen LogP contribution is -2.48. The molecule has 0 spiro atoms. The van der Waals surface area contributed by atoms with E-state index in [0.717, 1.165) is 13.1 Å². The zero-order valence-corrected chi connectivity index (χ0v) is 13.3. The summed E-state index contributed by atoms with van der Waals surface area (Å²) >= 11 is 5.34. The largest absolute Gasteiger partial charge is 0.329 e. The second-order valence-electron chi connectivity index (χ2n) is 4.77. The predicted molar refractivity (Wildman–Crippen MR) is 82.1 cm³/mol. The molecule has 1 saturated heterocycles. The van der Waals surface area contributed by atoms with Crippen LogP contribution in [0.25, 0.3) is 0 Å². The van der Waals surface area contributed by atoms with Crippen molar-refractivity contribution in [2.75, 3.05) is 39.3 Å². The number of rotatable bonds is 5. The number of piperazine rings is 1. The molecule has 1 aromatic heterocycles. The molecule has 0 radical (unpaired) electrons. The highest BCUT2D eigenvalue weighted by atomic mass is 79.9. The molecule has 0 saturated carbocycles. The first-order chi connectivity index (χ1) is 8.74. The van der Waals surface area contributed by atoms with Crippen LogP contribution < -0.4 is 5.73 Å². The Hall–Kier alpha value is 0.0600. The van der Waals surface area contributed by atoms with Crippen molar-refractivity contribution < 1.29 is 0 Å². The summed E-state index contributed by atoms with van der Waals surface area (Å²) in [4.78, 5) is 6.46. The minimum atomic E-state index is 0.394. The van der Waals surface area contributed by atoms with Gasteiger partial charge in [0.15, 0.2) is 0 Å². The molecule has 2 N–H and O–H groups in total. The predicted octanol–water partition coefficient (Wildman–Crippen LogP) is 2.54. The van der Waals surface area contributed by atoms with Crippen LogP contribution in [0.15, 0.2) is 15.9 Å². The number of hydrogen-bond donors (Lipinski definition) is 1. The van der Waals surface area contributed by atoms with Gasteiger partial charge in [-0.1, -0.05) is 6.92 Å². The highest BCUT2D eigenvalue weighted by molar-refractivity contribution is 9.11. The first-order valence-electron chi connectivity index (χ1n) is 6.66. The topological polar surface area (TPSA) is 32.5 Å². The normalized spacial score (nSPS) is 20.2. The van der Waals surface area contributed by atoms with E-state index in [4.69, 9.17) is 5.73 Å². The Kier molecular flexibility index (Phi) is 5.63. The third-order valence-corrected chi connectivity index (χ3v) is 5.26. The first kappa shape index (κ1) is 14.5. The van der Waals surface area contributed by atoms with Crippen LogP contribution in [-0.4, -0.2) is 49.1 Å². The highest BCUT2D eigenvalue weighted by Crippen LogP contribution is 2.30. The third-order valence-electron chi connectivity index (χ3n) is 3.53. The van der Waals surface area contributed by atoms with Crippen LogP contribution in [0.4, 0.5) is 0 Å². The van der Waals surface area contributed by atoms with E-state index in [1.807, 2.05) is 0 Å². The van der Waals surface area contributed by atoms with Gasteiger partial charge in [0.25, 0.3) is 0 Å². The summed E-state index contributed by atoms with van der Waals surface area (Å²) in [5, 5.41) is 0. The van der Waals surface area contributed by atoms with Gasteiger partial charge in [-0.2, -0.15) is 0 Å². The molecule has 2 rings (SSSR count). The molecule has 1 aliphatic heterocycles. The van der Waals surface area contributed by atoms with Crippen molar-refractivity contribution in [3.8, 4) is 0 Å². The van der Waals surface area contributed by atoms with Gasteiger partial charge in [-0.15, -0.1) is 11.3 Å². The van der Waals surface area contributed by atoms with Crippen molar-refractivity contribution >= 4 is 27.3 Å². The average Bonchev–Trinajstić information content (AvgIpc) is 2.79. The molecule has 0 amide bonds. The molecule has 1 unspecified atom stereocenters. The van der Waals surface area contributed by atoms with E-state index >= 15 is 0 Å². The van der Waals surface area contributed by atoms with Crippen LogP contribution in [0, 0.1) is 0 Å². The van der Waals surface area contributed by atoms with Gasteiger partial charge < -0.3 is 10.6 Å². The molecule has 3 nitrogen and oxygen atoms in total. The maximum atomic E-state index is 5.97. The molecule has 5 heteroatoms. The minimum Gasteiger partial charge on any atom is -0.329 e.